The number of ether oxygens (including phenoxy) is 2. The maximum Gasteiger partial charge on any atom is 0.408 e. The minimum atomic E-state index is -0.748. The van der Waals surface area contributed by atoms with E-state index in [1.54, 1.807) is 4.90 Å². The third kappa shape index (κ3) is 6.81. The minimum Gasteiger partial charge on any atom is -0.460 e. The standard InChI is InChI=1S/C26H32N2O5/c1-18(2)24(27-26(31)32-17-21-12-8-5-9-13-21)25(30)28-15-14-23(33-19(3)29)22(28)16-20-10-6-4-7-11-20/h4-13,18,22-24H,14-17H2,1-3H3,(H,27,31)/t22-,23+,24-/m0/s1. The van der Waals surface area contributed by atoms with Crippen molar-refractivity contribution < 1.29 is 23.9 Å². The summed E-state index contributed by atoms with van der Waals surface area (Å²) in [6, 6.07) is 18.1. The van der Waals surface area contributed by atoms with Crippen molar-refractivity contribution in [3.8, 4) is 0 Å². The lowest BCUT2D eigenvalue weighted by Gasteiger charge is -2.32. The van der Waals surface area contributed by atoms with Crippen LogP contribution in [0.4, 0.5) is 4.79 Å². The van der Waals surface area contributed by atoms with Crippen molar-refractivity contribution in [2.45, 2.75) is 58.4 Å². The number of rotatable bonds is 8. The summed E-state index contributed by atoms with van der Waals surface area (Å²) in [5.41, 5.74) is 1.92. The molecule has 3 rings (SSSR count). The van der Waals surface area contributed by atoms with Crippen LogP contribution in [0.15, 0.2) is 60.7 Å². The molecule has 0 unspecified atom stereocenters. The molecule has 2 aromatic rings. The van der Waals surface area contributed by atoms with E-state index < -0.39 is 12.1 Å². The van der Waals surface area contributed by atoms with E-state index in [9.17, 15) is 14.4 Å². The molecule has 7 heteroatoms. The molecule has 0 aliphatic carbocycles. The van der Waals surface area contributed by atoms with Gasteiger partial charge in [-0.1, -0.05) is 74.5 Å². The van der Waals surface area contributed by atoms with Crippen LogP contribution < -0.4 is 5.32 Å². The first-order valence-corrected chi connectivity index (χ1v) is 11.3. The largest absolute Gasteiger partial charge is 0.460 e. The van der Waals surface area contributed by atoms with Crippen LogP contribution in [0.5, 0.6) is 0 Å². The third-order valence-electron chi connectivity index (χ3n) is 5.79. The molecule has 0 bridgehead atoms. The first-order valence-electron chi connectivity index (χ1n) is 11.3. The second-order valence-electron chi connectivity index (χ2n) is 8.65. The Balaban J connectivity index is 1.70. The zero-order chi connectivity index (χ0) is 23.8. The molecule has 3 atom stereocenters. The molecule has 0 spiro atoms. The molecule has 2 amide bonds. The van der Waals surface area contributed by atoms with Gasteiger partial charge in [0.1, 0.15) is 18.8 Å². The predicted molar refractivity (Wildman–Crippen MR) is 124 cm³/mol. The highest BCUT2D eigenvalue weighted by atomic mass is 16.6. The molecule has 1 aliphatic rings. The lowest BCUT2D eigenvalue weighted by atomic mass is 9.99. The molecule has 0 radical (unpaired) electrons. The highest BCUT2D eigenvalue weighted by Gasteiger charge is 2.42. The van der Waals surface area contributed by atoms with E-state index in [1.165, 1.54) is 6.92 Å². The summed E-state index contributed by atoms with van der Waals surface area (Å²) in [6.45, 7) is 5.72. The summed E-state index contributed by atoms with van der Waals surface area (Å²) in [7, 11) is 0. The third-order valence-corrected chi connectivity index (χ3v) is 5.79. The summed E-state index contributed by atoms with van der Waals surface area (Å²) in [5.74, 6) is -0.709. The fraction of sp³-hybridized carbons (Fsp3) is 0.423. The zero-order valence-corrected chi connectivity index (χ0v) is 19.4. The first kappa shape index (κ1) is 24.3. The number of nitrogens with zero attached hydrogens (tertiary/aromatic N) is 1. The van der Waals surface area contributed by atoms with Crippen LogP contribution in [0, 0.1) is 5.92 Å². The van der Waals surface area contributed by atoms with E-state index in [1.807, 2.05) is 74.5 Å². The van der Waals surface area contributed by atoms with E-state index in [4.69, 9.17) is 9.47 Å². The lowest BCUT2D eigenvalue weighted by Crippen LogP contribution is -2.54. The topological polar surface area (TPSA) is 84.9 Å². The SMILES string of the molecule is CC(=O)O[C@@H]1CCN(C(=O)[C@@H](NC(=O)OCc2ccccc2)C(C)C)[C@H]1Cc1ccccc1. The highest BCUT2D eigenvalue weighted by molar-refractivity contribution is 5.86. The number of likely N-dealkylation sites (tertiary alicyclic amines) is 1. The molecule has 176 valence electrons. The molecule has 2 aromatic carbocycles. The van der Waals surface area contributed by atoms with E-state index in [0.29, 0.717) is 19.4 Å². The van der Waals surface area contributed by atoms with Gasteiger partial charge in [-0.05, 0) is 23.5 Å². The van der Waals surface area contributed by atoms with Crippen LogP contribution >= 0.6 is 0 Å². The van der Waals surface area contributed by atoms with Gasteiger partial charge < -0.3 is 19.7 Å². The van der Waals surface area contributed by atoms with Gasteiger partial charge in [0.2, 0.25) is 5.91 Å². The molecule has 33 heavy (non-hydrogen) atoms. The maximum absolute atomic E-state index is 13.5. The molecule has 1 fully saturated rings. The number of carbonyl (C=O) groups excluding carboxylic acids is 3. The number of amides is 2. The van der Waals surface area contributed by atoms with Crippen LogP contribution in [-0.4, -0.2) is 47.6 Å². The Hall–Kier alpha value is -3.35. The van der Waals surface area contributed by atoms with Crippen LogP contribution in [0.1, 0.15) is 38.3 Å². The average Bonchev–Trinajstić information content (AvgIpc) is 3.18. The monoisotopic (exact) mass is 452 g/mol. The predicted octanol–water partition coefficient (Wildman–Crippen LogP) is 3.71. The van der Waals surface area contributed by atoms with Crippen molar-refractivity contribution in [3.05, 3.63) is 71.8 Å². The summed E-state index contributed by atoms with van der Waals surface area (Å²) >= 11 is 0. The lowest BCUT2D eigenvalue weighted by molar-refractivity contribution is -0.149. The van der Waals surface area contributed by atoms with Gasteiger partial charge in [0.15, 0.2) is 0 Å². The number of hydrogen-bond donors (Lipinski definition) is 1. The van der Waals surface area contributed by atoms with E-state index in [2.05, 4.69) is 5.32 Å². The Labute approximate surface area is 195 Å². The van der Waals surface area contributed by atoms with Gasteiger partial charge in [0.25, 0.3) is 0 Å². The van der Waals surface area contributed by atoms with Gasteiger partial charge in [-0.15, -0.1) is 0 Å². The minimum absolute atomic E-state index is 0.126. The van der Waals surface area contributed by atoms with Gasteiger partial charge in [-0.3, -0.25) is 9.59 Å². The molecule has 0 aromatic heterocycles. The van der Waals surface area contributed by atoms with Crippen molar-refractivity contribution in [1.29, 1.82) is 0 Å². The Morgan fingerprint density at radius 2 is 1.61 bits per heavy atom. The first-order chi connectivity index (χ1) is 15.8. The quantitative estimate of drug-likeness (QED) is 0.617. The number of carbonyl (C=O) groups is 3. The molecule has 1 heterocycles. The summed E-state index contributed by atoms with van der Waals surface area (Å²) in [4.78, 5) is 39.4. The van der Waals surface area contributed by atoms with Crippen LogP contribution in [-0.2, 0) is 32.1 Å². The summed E-state index contributed by atoms with van der Waals surface area (Å²) in [6.07, 6.45) is 0.102. The number of esters is 1. The molecule has 1 aliphatic heterocycles. The zero-order valence-electron chi connectivity index (χ0n) is 19.4. The summed E-state index contributed by atoms with van der Waals surface area (Å²) in [5, 5.41) is 2.74. The number of alkyl carbamates (subject to hydrolysis) is 1. The van der Waals surface area contributed by atoms with E-state index in [-0.39, 0.29) is 36.5 Å². The van der Waals surface area contributed by atoms with Gasteiger partial charge in [-0.25, -0.2) is 4.79 Å². The Kier molecular flexibility index (Phi) is 8.46. The molecule has 1 N–H and O–H groups in total. The summed E-state index contributed by atoms with van der Waals surface area (Å²) < 4.78 is 10.9. The number of nitrogens with one attached hydrogen (secondary N) is 1. The fourth-order valence-corrected chi connectivity index (χ4v) is 4.13. The van der Waals surface area contributed by atoms with Gasteiger partial charge in [0.05, 0.1) is 6.04 Å². The average molecular weight is 453 g/mol. The molecule has 7 nitrogen and oxygen atoms in total. The normalized spacial score (nSPS) is 18.6. The van der Waals surface area contributed by atoms with Gasteiger partial charge >= 0.3 is 12.1 Å². The van der Waals surface area contributed by atoms with Crippen molar-refractivity contribution in [2.75, 3.05) is 6.54 Å². The van der Waals surface area contributed by atoms with Crippen molar-refractivity contribution in [1.82, 2.24) is 10.2 Å². The van der Waals surface area contributed by atoms with Gasteiger partial charge in [-0.2, -0.15) is 0 Å². The highest BCUT2D eigenvalue weighted by Crippen LogP contribution is 2.26. The molecular weight excluding hydrogens is 420 g/mol. The number of hydrogen-bond acceptors (Lipinski definition) is 5. The Bertz CT molecular complexity index is 932. The van der Waals surface area contributed by atoms with Crippen LogP contribution in [0.25, 0.3) is 0 Å². The van der Waals surface area contributed by atoms with Crippen LogP contribution in [0.2, 0.25) is 0 Å². The van der Waals surface area contributed by atoms with Crippen molar-refractivity contribution in [3.63, 3.8) is 0 Å². The molecule has 0 saturated carbocycles. The molecule has 1 saturated heterocycles. The van der Waals surface area contributed by atoms with E-state index >= 15 is 0 Å². The molecular formula is C26H32N2O5. The maximum atomic E-state index is 13.5. The Morgan fingerprint density at radius 1 is 1.00 bits per heavy atom. The van der Waals surface area contributed by atoms with Gasteiger partial charge in [0, 0.05) is 19.9 Å². The second-order valence-corrected chi connectivity index (χ2v) is 8.65. The Morgan fingerprint density at radius 3 is 2.18 bits per heavy atom. The number of benzene rings is 2. The fourth-order valence-electron chi connectivity index (χ4n) is 4.13. The van der Waals surface area contributed by atoms with Crippen molar-refractivity contribution in [2.24, 2.45) is 5.92 Å². The van der Waals surface area contributed by atoms with E-state index in [0.717, 1.165) is 11.1 Å². The van der Waals surface area contributed by atoms with Crippen LogP contribution in [0.3, 0.4) is 0 Å². The second kappa shape index (κ2) is 11.5. The smallest absolute Gasteiger partial charge is 0.408 e. The van der Waals surface area contributed by atoms with Crippen molar-refractivity contribution >= 4 is 18.0 Å².